The zero-order valence-corrected chi connectivity index (χ0v) is 23.4. The molecule has 0 saturated carbocycles. The Balaban J connectivity index is 0.00000138. The number of anilines is 1. The van der Waals surface area contributed by atoms with Gasteiger partial charge in [0.05, 0.1) is 6.04 Å². The van der Waals surface area contributed by atoms with Crippen molar-refractivity contribution in [3.8, 4) is 0 Å². The summed E-state index contributed by atoms with van der Waals surface area (Å²) in [5, 5.41) is 4.21. The first-order valence-corrected chi connectivity index (χ1v) is 11.4. The van der Waals surface area contributed by atoms with Crippen molar-refractivity contribution in [2.24, 2.45) is 5.73 Å². The first-order valence-electron chi connectivity index (χ1n) is 10.2. The Labute approximate surface area is 222 Å². The van der Waals surface area contributed by atoms with Gasteiger partial charge in [0, 0.05) is 67.3 Å². The molecule has 1 saturated heterocycles. The van der Waals surface area contributed by atoms with Crippen molar-refractivity contribution in [1.82, 2.24) is 9.03 Å². The van der Waals surface area contributed by atoms with E-state index in [2.05, 4.69) is 51.9 Å². The summed E-state index contributed by atoms with van der Waals surface area (Å²) in [6.45, 7) is 10.3. The molecular weight excluding hydrogens is 505 g/mol. The number of hydrogen-bond acceptors (Lipinski definition) is 5. The number of nitrogens with one attached hydrogen (secondary N) is 2. The molecule has 1 radical (unpaired) electrons. The number of allylic oxidation sites excluding steroid dienone is 3. The van der Waals surface area contributed by atoms with Crippen LogP contribution >= 0.6 is 23.7 Å². The summed E-state index contributed by atoms with van der Waals surface area (Å²) in [4.78, 5) is 8.58. The second-order valence-electron chi connectivity index (χ2n) is 6.80. The average molecular weight is 539 g/mol. The molecule has 1 aromatic rings. The number of primary amides is 1. The van der Waals surface area contributed by atoms with Crippen molar-refractivity contribution in [1.29, 1.82) is 0 Å². The Kier molecular flexibility index (Phi) is 16.6. The number of nitrogens with two attached hydrogens (primary N) is 1. The Bertz CT molecular complexity index is 757. The van der Waals surface area contributed by atoms with E-state index in [1.165, 1.54) is 5.57 Å². The zero-order chi connectivity index (χ0) is 22.5. The quantitative estimate of drug-likeness (QED) is 0.266. The largest absolute Gasteiger partial charge is 0.372 e. The second kappa shape index (κ2) is 16.9. The minimum Gasteiger partial charge on any atom is -0.372 e. The summed E-state index contributed by atoms with van der Waals surface area (Å²) in [6, 6.07) is 6.70. The van der Waals surface area contributed by atoms with Crippen LogP contribution in [-0.4, -0.2) is 29.8 Å². The number of likely N-dealkylation sites (N-methyl/N-ethyl adjacent to an activating group) is 1. The van der Waals surface area contributed by atoms with Gasteiger partial charge in [-0.2, -0.15) is 6.08 Å². The summed E-state index contributed by atoms with van der Waals surface area (Å²) >= 11 is 7.89. The maximum atomic E-state index is 8.58. The van der Waals surface area contributed by atoms with Gasteiger partial charge in [0.15, 0.2) is 0 Å². The molecule has 169 valence electrons. The van der Waals surface area contributed by atoms with Gasteiger partial charge in [0.1, 0.15) is 0 Å². The number of aryl methyl sites for hydroxylation is 1. The van der Waals surface area contributed by atoms with Gasteiger partial charge in [-0.3, -0.25) is 10.9 Å². The van der Waals surface area contributed by atoms with Gasteiger partial charge in [0.25, 0.3) is 0 Å². The van der Waals surface area contributed by atoms with E-state index in [4.69, 9.17) is 16.4 Å². The monoisotopic (exact) mass is 538 g/mol. The Hall–Kier alpha value is -0.626. The summed E-state index contributed by atoms with van der Waals surface area (Å²) in [6.07, 6.45) is 12.4. The molecule has 3 rings (SSSR count). The van der Waals surface area contributed by atoms with Gasteiger partial charge in [-0.25, -0.2) is 20.7 Å². The molecule has 1 aliphatic heterocycles. The molecule has 2 unspecified atom stereocenters. The molecule has 1 aromatic carbocycles. The fourth-order valence-corrected chi connectivity index (χ4v) is 4.14. The molecule has 0 spiro atoms. The normalized spacial score (nSPS) is 20.0. The number of nitrogens with zero attached hydrogens (tertiary/aromatic N) is 1. The van der Waals surface area contributed by atoms with Crippen LogP contribution in [0.15, 0.2) is 48.2 Å². The average Bonchev–Trinajstić information content (AvgIpc) is 2.75. The van der Waals surface area contributed by atoms with E-state index in [1.807, 2.05) is 39.0 Å². The van der Waals surface area contributed by atoms with Gasteiger partial charge in [0.2, 0.25) is 6.41 Å². The van der Waals surface area contributed by atoms with Crippen LogP contribution < -0.4 is 15.8 Å². The second-order valence-corrected chi connectivity index (χ2v) is 8.20. The number of hydrogen-bond donors (Lipinski definition) is 3. The summed E-state index contributed by atoms with van der Waals surface area (Å²) in [5.41, 5.74) is 8.55. The number of rotatable bonds is 5. The topological polar surface area (TPSA) is 70.4 Å². The maximum Gasteiger partial charge on any atom is 0.204 e. The minimum absolute atomic E-state index is 0. The number of carbonyl (C=O) groups is 1. The van der Waals surface area contributed by atoms with Crippen molar-refractivity contribution >= 4 is 35.8 Å². The molecule has 1 aliphatic carbocycles. The smallest absolute Gasteiger partial charge is 0.204 e. The first-order chi connectivity index (χ1) is 14.4. The molecule has 1 heterocycles. The third-order valence-electron chi connectivity index (χ3n) is 4.64. The summed E-state index contributed by atoms with van der Waals surface area (Å²) in [7, 11) is 2.10. The van der Waals surface area contributed by atoms with Crippen molar-refractivity contribution < 1.29 is 37.5 Å². The van der Waals surface area contributed by atoms with Crippen LogP contribution in [0.4, 0.5) is 5.69 Å². The van der Waals surface area contributed by atoms with Crippen LogP contribution in [0.2, 0.25) is 5.02 Å². The van der Waals surface area contributed by atoms with Crippen LogP contribution in [-0.2, 0) is 37.5 Å². The molecule has 1 amide bonds. The predicted molar refractivity (Wildman–Crippen MR) is 131 cm³/mol. The van der Waals surface area contributed by atoms with Crippen molar-refractivity contribution in [2.75, 3.05) is 12.4 Å². The Morgan fingerprint density at radius 3 is 2.74 bits per heavy atom. The Morgan fingerprint density at radius 2 is 2.16 bits per heavy atom. The number of benzene rings is 1. The number of amides is 1. The number of carbonyl (C=O) groups excluding carboxylic acids is 1. The van der Waals surface area contributed by atoms with Crippen LogP contribution in [0.1, 0.15) is 45.1 Å². The molecule has 0 aromatic heterocycles. The van der Waals surface area contributed by atoms with Gasteiger partial charge >= 0.3 is 0 Å². The van der Waals surface area contributed by atoms with Crippen LogP contribution in [0.5, 0.6) is 0 Å². The van der Waals surface area contributed by atoms with Crippen molar-refractivity contribution in [2.45, 2.75) is 58.5 Å². The molecule has 5 nitrogen and oxygen atoms in total. The van der Waals surface area contributed by atoms with E-state index in [-0.39, 0.29) is 45.2 Å². The molecule has 0 bridgehead atoms. The molecule has 2 aliphatic rings. The molecule has 31 heavy (non-hydrogen) atoms. The number of halogens is 1. The van der Waals surface area contributed by atoms with Crippen LogP contribution in [0, 0.1) is 13.0 Å². The van der Waals surface area contributed by atoms with E-state index >= 15 is 0 Å². The predicted octanol–water partition coefficient (Wildman–Crippen LogP) is 5.39. The van der Waals surface area contributed by atoms with Gasteiger partial charge in [-0.15, -0.1) is 6.42 Å². The molecule has 1 fully saturated rings. The fraction of sp³-hybridized carbons (Fsp3) is 0.435. The van der Waals surface area contributed by atoms with E-state index in [9.17, 15) is 0 Å². The molecule has 2 atom stereocenters. The van der Waals surface area contributed by atoms with Gasteiger partial charge in [-0.05, 0) is 44.5 Å². The standard InChI is InChI=1S/C20H25ClN3S.C2H6.CH3NO.Y/c1-14-9-10-17(12-19(14)21)22-15(2)20-13-18(23-25-24(20)3)11-16-7-5-4-6-8-16;1-2;2-1-3;/h5,7,9-10,12,18,20,22-23H,2,4,6,11,13H2,1,3H3;1-2H3;1H,(H2,2,3);/q-1;;;. The Morgan fingerprint density at radius 1 is 1.48 bits per heavy atom. The summed E-state index contributed by atoms with van der Waals surface area (Å²) < 4.78 is 5.76. The van der Waals surface area contributed by atoms with E-state index < -0.39 is 0 Å². The van der Waals surface area contributed by atoms with E-state index in [1.54, 1.807) is 12.1 Å². The van der Waals surface area contributed by atoms with Crippen molar-refractivity contribution in [3.63, 3.8) is 0 Å². The third kappa shape index (κ3) is 10.7. The SMILES string of the molecule is C=C(Nc1ccc(C)c(Cl)c1)C1CC(CC2=[C-]CCC=C2)NSN1C.CC.NC=O.[Y]. The van der Waals surface area contributed by atoms with E-state index in [0.29, 0.717) is 6.04 Å². The minimum atomic E-state index is 0. The first kappa shape index (κ1) is 30.4. The molecular formula is C23H34ClN4OSY-. The molecule has 4 N–H and O–H groups in total. The fourth-order valence-electron chi connectivity index (χ4n) is 3.12. The maximum absolute atomic E-state index is 8.58. The zero-order valence-electron chi connectivity index (χ0n) is 19.0. The van der Waals surface area contributed by atoms with Crippen molar-refractivity contribution in [3.05, 3.63) is 64.9 Å². The van der Waals surface area contributed by atoms with Gasteiger partial charge in [-0.1, -0.05) is 44.5 Å². The van der Waals surface area contributed by atoms with Crippen LogP contribution in [0.25, 0.3) is 0 Å². The van der Waals surface area contributed by atoms with Crippen LogP contribution in [0.3, 0.4) is 0 Å². The third-order valence-corrected chi connectivity index (χ3v) is 6.03. The van der Waals surface area contributed by atoms with Gasteiger partial charge < -0.3 is 11.1 Å². The summed E-state index contributed by atoms with van der Waals surface area (Å²) in [5.74, 6) is 0. The molecule has 8 heteroatoms. The van der Waals surface area contributed by atoms with E-state index in [0.717, 1.165) is 47.7 Å².